The van der Waals surface area contributed by atoms with Crippen molar-refractivity contribution in [3.05, 3.63) is 47.0 Å². The Hall–Kier alpha value is -3.85. The largest absolute Gasteiger partial charge is 0.477 e. The van der Waals surface area contributed by atoms with Gasteiger partial charge in [-0.3, -0.25) is 4.90 Å². The highest BCUT2D eigenvalue weighted by molar-refractivity contribution is 6.90. The molecule has 2 aliphatic carbocycles. The Bertz CT molecular complexity index is 2210. The number of nitrogens with zero attached hydrogens (tertiary/aromatic N) is 5. The lowest BCUT2D eigenvalue weighted by atomic mass is 9.94. The van der Waals surface area contributed by atoms with Crippen molar-refractivity contribution >= 4 is 35.6 Å². The van der Waals surface area contributed by atoms with Crippen LogP contribution < -0.4 is 14.4 Å². The van der Waals surface area contributed by atoms with Crippen molar-refractivity contribution in [1.29, 1.82) is 0 Å². The lowest BCUT2D eigenvalue weighted by Crippen LogP contribution is -2.43. The number of hydrogen-bond donors (Lipinski definition) is 0. The Morgan fingerprint density at radius 3 is 2.24 bits per heavy atom. The minimum Gasteiger partial charge on any atom is -0.477 e. The topological polar surface area (TPSA) is 72.8 Å². The number of morpholine rings is 1. The van der Waals surface area contributed by atoms with Crippen LogP contribution in [0.4, 0.5) is 14.6 Å². The van der Waals surface area contributed by atoms with Gasteiger partial charge in [0, 0.05) is 49.1 Å². The zero-order valence-corrected chi connectivity index (χ0v) is 36.8. The molecule has 310 valence electrons. The lowest BCUT2D eigenvalue weighted by Gasteiger charge is -2.38. The number of anilines is 1. The predicted molar refractivity (Wildman–Crippen MR) is 231 cm³/mol. The van der Waals surface area contributed by atoms with Gasteiger partial charge >= 0.3 is 6.01 Å². The molecule has 2 aromatic carbocycles. The zero-order valence-electron chi connectivity index (χ0n) is 35.8. The zero-order chi connectivity index (χ0) is 40.9. The number of halogens is 2. The number of fused-ring (bicyclic) bond motifs is 4. The summed E-state index contributed by atoms with van der Waals surface area (Å²) in [5.41, 5.74) is 6.63. The van der Waals surface area contributed by atoms with Crippen LogP contribution in [0.1, 0.15) is 91.7 Å². The van der Waals surface area contributed by atoms with Crippen LogP contribution in [0.2, 0.25) is 16.6 Å². The van der Waals surface area contributed by atoms with E-state index in [0.29, 0.717) is 63.8 Å². The van der Waals surface area contributed by atoms with Crippen molar-refractivity contribution in [3.8, 4) is 34.6 Å². The van der Waals surface area contributed by atoms with E-state index in [1.165, 1.54) is 25.3 Å². The summed E-state index contributed by atoms with van der Waals surface area (Å²) < 4.78 is 52.6. The number of benzene rings is 2. The fourth-order valence-corrected chi connectivity index (χ4v) is 15.9. The van der Waals surface area contributed by atoms with Gasteiger partial charge in [-0.05, 0) is 97.5 Å². The minimum absolute atomic E-state index is 0.0155. The van der Waals surface area contributed by atoms with Crippen molar-refractivity contribution in [2.24, 2.45) is 17.3 Å². The minimum atomic E-state index is -2.24. The van der Waals surface area contributed by atoms with Gasteiger partial charge in [0.05, 0.1) is 32.0 Å². The fraction of sp³-hybridized carbons (Fsp3) is 0.596. The van der Waals surface area contributed by atoms with Crippen LogP contribution in [0.25, 0.3) is 32.9 Å². The summed E-state index contributed by atoms with van der Waals surface area (Å²) >= 11 is 0. The molecule has 0 N–H and O–H groups in total. The van der Waals surface area contributed by atoms with Crippen LogP contribution in [0, 0.1) is 47.3 Å². The first-order valence-electron chi connectivity index (χ1n) is 21.8. The fourth-order valence-electron chi connectivity index (χ4n) is 10.7. The van der Waals surface area contributed by atoms with Gasteiger partial charge in [0.2, 0.25) is 5.88 Å². The third kappa shape index (κ3) is 7.69. The number of rotatable bonds is 12. The van der Waals surface area contributed by atoms with E-state index in [1.807, 2.05) is 26.0 Å². The van der Waals surface area contributed by atoms with Gasteiger partial charge in [-0.2, -0.15) is 9.97 Å². The lowest BCUT2D eigenvalue weighted by molar-refractivity contribution is 0.0231. The number of piperidine rings is 1. The van der Waals surface area contributed by atoms with E-state index in [2.05, 4.69) is 62.8 Å². The normalized spacial score (nSPS) is 20.7. The first kappa shape index (κ1) is 40.9. The van der Waals surface area contributed by atoms with Crippen LogP contribution >= 0.6 is 0 Å². The van der Waals surface area contributed by atoms with Crippen LogP contribution in [0.5, 0.6) is 11.9 Å². The Balaban J connectivity index is 1.31. The molecule has 58 heavy (non-hydrogen) atoms. The second kappa shape index (κ2) is 16.3. The van der Waals surface area contributed by atoms with Gasteiger partial charge in [-0.15, -0.1) is 5.54 Å². The average Bonchev–Trinajstić information content (AvgIpc) is 3.88. The molecule has 4 heterocycles. The van der Waals surface area contributed by atoms with Crippen LogP contribution in [-0.4, -0.2) is 87.1 Å². The van der Waals surface area contributed by atoms with Gasteiger partial charge in [-0.25, -0.2) is 13.8 Å². The summed E-state index contributed by atoms with van der Waals surface area (Å²) in [4.78, 5) is 19.7. The molecular weight excluding hydrogens is 749 g/mol. The first-order chi connectivity index (χ1) is 27.8. The maximum atomic E-state index is 17.8. The molecule has 0 amide bonds. The summed E-state index contributed by atoms with van der Waals surface area (Å²) in [6.45, 7) is 24.0. The molecule has 2 unspecified atom stereocenters. The molecule has 2 bridgehead atoms. The quantitative estimate of drug-likeness (QED) is 0.104. The van der Waals surface area contributed by atoms with Crippen molar-refractivity contribution in [1.82, 2.24) is 19.9 Å². The molecule has 2 aliphatic heterocycles. The molecular formula is C47H61F2N5O3Si. The number of aromatic nitrogens is 3. The SMILES string of the molecule is CCOc1nc(-c2cc(C)cc3ccc(F)c(C#C[Si](C(C)C)(C(C)C)C(C)C)c23)c(F)c2nc(OCC3(CN4CCOCC4)CC3)nc(N3CC4CCC(C4)C3)c12. The Morgan fingerprint density at radius 1 is 0.914 bits per heavy atom. The molecule has 2 saturated carbocycles. The maximum absolute atomic E-state index is 17.8. The van der Waals surface area contributed by atoms with Crippen molar-refractivity contribution in [2.75, 3.05) is 64.1 Å². The molecule has 4 aliphatic rings. The summed E-state index contributed by atoms with van der Waals surface area (Å²) in [6.07, 6.45) is 5.70. The summed E-state index contributed by atoms with van der Waals surface area (Å²) in [5.74, 6) is 4.36. The van der Waals surface area contributed by atoms with E-state index in [-0.39, 0.29) is 34.1 Å². The Labute approximate surface area is 344 Å². The van der Waals surface area contributed by atoms with Crippen molar-refractivity contribution < 1.29 is 23.0 Å². The van der Waals surface area contributed by atoms with E-state index >= 15 is 8.78 Å². The van der Waals surface area contributed by atoms with Crippen LogP contribution in [-0.2, 0) is 4.74 Å². The molecule has 4 aromatic rings. The molecule has 4 fully saturated rings. The second-order valence-corrected chi connectivity index (χ2v) is 24.3. The summed E-state index contributed by atoms with van der Waals surface area (Å²) in [7, 11) is -2.24. The molecule has 2 atom stereocenters. The van der Waals surface area contributed by atoms with Crippen LogP contribution in [0.15, 0.2) is 24.3 Å². The third-order valence-electron chi connectivity index (χ3n) is 13.8. The van der Waals surface area contributed by atoms with Gasteiger partial charge in [0.1, 0.15) is 36.3 Å². The first-order valence-corrected chi connectivity index (χ1v) is 24.0. The van der Waals surface area contributed by atoms with E-state index in [4.69, 9.17) is 29.2 Å². The summed E-state index contributed by atoms with van der Waals surface area (Å²) in [5, 5.41) is 1.77. The van der Waals surface area contributed by atoms with Gasteiger partial charge in [-0.1, -0.05) is 59.6 Å². The Kier molecular flexibility index (Phi) is 11.5. The van der Waals surface area contributed by atoms with Gasteiger partial charge in [0.25, 0.3) is 0 Å². The average molecular weight is 810 g/mol. The predicted octanol–water partition coefficient (Wildman–Crippen LogP) is 10.1. The number of hydrogen-bond acceptors (Lipinski definition) is 8. The molecule has 0 radical (unpaired) electrons. The highest BCUT2D eigenvalue weighted by Crippen LogP contribution is 2.48. The number of ether oxygens (including phenoxy) is 3. The van der Waals surface area contributed by atoms with Crippen LogP contribution in [0.3, 0.4) is 0 Å². The molecule has 11 heteroatoms. The monoisotopic (exact) mass is 809 g/mol. The van der Waals surface area contributed by atoms with Crippen molar-refractivity contribution in [2.45, 2.75) is 104 Å². The molecule has 8 rings (SSSR count). The van der Waals surface area contributed by atoms with Gasteiger partial charge in [0.15, 0.2) is 5.82 Å². The number of aryl methyl sites for hydroxylation is 1. The second-order valence-electron chi connectivity index (χ2n) is 18.7. The smallest absolute Gasteiger partial charge is 0.319 e. The summed E-state index contributed by atoms with van der Waals surface area (Å²) in [6, 6.07) is 7.30. The molecule has 2 saturated heterocycles. The highest BCUT2D eigenvalue weighted by atomic mass is 28.3. The highest BCUT2D eigenvalue weighted by Gasteiger charge is 2.46. The van der Waals surface area contributed by atoms with Crippen molar-refractivity contribution in [3.63, 3.8) is 0 Å². The molecule has 0 spiro atoms. The Morgan fingerprint density at radius 2 is 1.60 bits per heavy atom. The van der Waals surface area contributed by atoms with E-state index in [1.54, 1.807) is 6.07 Å². The third-order valence-corrected chi connectivity index (χ3v) is 20.1. The van der Waals surface area contributed by atoms with E-state index in [9.17, 15) is 0 Å². The van der Waals surface area contributed by atoms with Gasteiger partial charge < -0.3 is 19.1 Å². The van der Waals surface area contributed by atoms with E-state index < -0.39 is 19.7 Å². The number of pyridine rings is 1. The molecule has 8 nitrogen and oxygen atoms in total. The molecule has 2 aromatic heterocycles. The maximum Gasteiger partial charge on any atom is 0.319 e. The standard InChI is InChI=1S/C47H61F2N5O3Si/c1-9-56-45-40-43(51-46(52-44(40)54-25-33-10-11-34(24-33)26-54)57-28-47(15-16-47)27-53-17-19-55-20-18-53)41(49)42(50-45)37-23-32(8)22-35-12-13-38(48)36(39(35)37)14-21-58(29(2)3,30(4)5)31(6)7/h12-13,22-23,29-31,33-34H,9-11,15-20,24-28H2,1-8H3. The van der Waals surface area contributed by atoms with E-state index in [0.717, 1.165) is 69.7 Å².